The largest absolute Gasteiger partial charge is 0.455 e. The van der Waals surface area contributed by atoms with Crippen molar-refractivity contribution in [3.05, 3.63) is 194 Å². The fourth-order valence-corrected chi connectivity index (χ4v) is 8.92. The Morgan fingerprint density at radius 3 is 1.04 bits per heavy atom. The predicted molar refractivity (Wildman–Crippen MR) is 225 cm³/mol. The molecule has 0 saturated carbocycles. The Morgan fingerprint density at radius 2 is 0.585 bits per heavy atom. The SMILES string of the molecule is c1ccc(-c2c3ccccc3c(-c3cccc4c3oc3cccc(-c5c6ccccc6c(-c6ccccc6)c6ccccc56)c34)c3ccccc23)cc1. The van der Waals surface area contributed by atoms with Gasteiger partial charge in [-0.2, -0.15) is 0 Å². The number of hydrogen-bond donors (Lipinski definition) is 0. The lowest BCUT2D eigenvalue weighted by molar-refractivity contribution is 0.670. The van der Waals surface area contributed by atoms with Crippen molar-refractivity contribution in [2.75, 3.05) is 0 Å². The van der Waals surface area contributed by atoms with E-state index in [9.17, 15) is 0 Å². The smallest absolute Gasteiger partial charge is 0.143 e. The van der Waals surface area contributed by atoms with Crippen molar-refractivity contribution in [2.45, 2.75) is 0 Å². The molecule has 10 aromatic carbocycles. The summed E-state index contributed by atoms with van der Waals surface area (Å²) in [4.78, 5) is 0. The Balaban J connectivity index is 1.24. The lowest BCUT2D eigenvalue weighted by Crippen LogP contribution is -1.91. The molecule has 0 saturated heterocycles. The van der Waals surface area contributed by atoms with Crippen LogP contribution in [0.15, 0.2) is 199 Å². The van der Waals surface area contributed by atoms with E-state index in [4.69, 9.17) is 4.42 Å². The second-order valence-electron chi connectivity index (χ2n) is 13.9. The minimum Gasteiger partial charge on any atom is -0.455 e. The summed E-state index contributed by atoms with van der Waals surface area (Å²) in [6.07, 6.45) is 0. The van der Waals surface area contributed by atoms with E-state index in [-0.39, 0.29) is 0 Å². The first-order valence-electron chi connectivity index (χ1n) is 18.3. The number of benzene rings is 10. The predicted octanol–water partition coefficient (Wildman–Crippen LogP) is 14.9. The highest BCUT2D eigenvalue weighted by atomic mass is 16.3. The summed E-state index contributed by atoms with van der Waals surface area (Å²) in [7, 11) is 0. The van der Waals surface area contributed by atoms with Crippen LogP contribution < -0.4 is 0 Å². The zero-order valence-corrected chi connectivity index (χ0v) is 28.9. The topological polar surface area (TPSA) is 13.1 Å². The molecule has 11 rings (SSSR count). The molecule has 0 bridgehead atoms. The summed E-state index contributed by atoms with van der Waals surface area (Å²) < 4.78 is 7.03. The summed E-state index contributed by atoms with van der Waals surface area (Å²) >= 11 is 0. The van der Waals surface area contributed by atoms with Crippen LogP contribution in [0.4, 0.5) is 0 Å². The molecule has 0 fully saturated rings. The zero-order valence-electron chi connectivity index (χ0n) is 28.9. The fraction of sp³-hybridized carbons (Fsp3) is 0. The third kappa shape index (κ3) is 4.44. The second kappa shape index (κ2) is 11.8. The van der Waals surface area contributed by atoms with Crippen LogP contribution in [0.5, 0.6) is 0 Å². The molecule has 0 aliphatic carbocycles. The maximum Gasteiger partial charge on any atom is 0.143 e. The third-order valence-electron chi connectivity index (χ3n) is 11.0. The van der Waals surface area contributed by atoms with Gasteiger partial charge in [0.25, 0.3) is 0 Å². The van der Waals surface area contributed by atoms with Gasteiger partial charge in [-0.15, -0.1) is 0 Å². The number of para-hydroxylation sites is 1. The van der Waals surface area contributed by atoms with E-state index in [1.165, 1.54) is 82.0 Å². The van der Waals surface area contributed by atoms with Crippen molar-refractivity contribution in [1.82, 2.24) is 0 Å². The van der Waals surface area contributed by atoms with Gasteiger partial charge in [0.1, 0.15) is 11.2 Å². The van der Waals surface area contributed by atoms with Gasteiger partial charge >= 0.3 is 0 Å². The molecule has 0 unspecified atom stereocenters. The molecular weight excluding hydrogens is 641 g/mol. The highest BCUT2D eigenvalue weighted by Crippen LogP contribution is 2.50. The van der Waals surface area contributed by atoms with Crippen LogP contribution in [0.1, 0.15) is 0 Å². The van der Waals surface area contributed by atoms with Gasteiger partial charge in [-0.25, -0.2) is 0 Å². The molecule has 1 heteroatoms. The van der Waals surface area contributed by atoms with E-state index in [0.717, 1.165) is 27.5 Å². The van der Waals surface area contributed by atoms with Gasteiger partial charge in [-0.05, 0) is 82.5 Å². The molecule has 0 amide bonds. The average Bonchev–Trinajstić information content (AvgIpc) is 3.62. The Morgan fingerprint density at radius 1 is 0.245 bits per heavy atom. The van der Waals surface area contributed by atoms with Gasteiger partial charge in [0.05, 0.1) is 0 Å². The molecule has 1 heterocycles. The van der Waals surface area contributed by atoms with Crippen LogP contribution in [0.3, 0.4) is 0 Å². The van der Waals surface area contributed by atoms with E-state index in [1.54, 1.807) is 0 Å². The lowest BCUT2D eigenvalue weighted by Gasteiger charge is -2.18. The van der Waals surface area contributed by atoms with Crippen molar-refractivity contribution in [3.63, 3.8) is 0 Å². The summed E-state index contributed by atoms with van der Waals surface area (Å²) in [5, 5.41) is 12.1. The third-order valence-corrected chi connectivity index (χ3v) is 11.0. The minimum atomic E-state index is 0.889. The van der Waals surface area contributed by atoms with Gasteiger partial charge in [0, 0.05) is 21.9 Å². The van der Waals surface area contributed by atoms with Crippen molar-refractivity contribution in [3.8, 4) is 44.5 Å². The number of furan rings is 1. The average molecular weight is 673 g/mol. The Bertz CT molecular complexity index is 3090. The molecule has 1 nitrogen and oxygen atoms in total. The van der Waals surface area contributed by atoms with Gasteiger partial charge in [-0.3, -0.25) is 0 Å². The molecule has 246 valence electrons. The lowest BCUT2D eigenvalue weighted by atomic mass is 9.84. The molecule has 0 aliphatic rings. The molecule has 0 atom stereocenters. The maximum absolute atomic E-state index is 7.03. The summed E-state index contributed by atoms with van der Waals surface area (Å²) in [5.41, 5.74) is 11.5. The van der Waals surface area contributed by atoms with E-state index < -0.39 is 0 Å². The molecule has 1 aromatic heterocycles. The van der Waals surface area contributed by atoms with Crippen LogP contribution in [-0.4, -0.2) is 0 Å². The van der Waals surface area contributed by atoms with Crippen LogP contribution >= 0.6 is 0 Å². The van der Waals surface area contributed by atoms with Crippen LogP contribution in [0.25, 0.3) is 110 Å². The number of hydrogen-bond acceptors (Lipinski definition) is 1. The minimum absolute atomic E-state index is 0.889. The molecule has 0 N–H and O–H groups in total. The summed E-state index contributed by atoms with van der Waals surface area (Å²) in [6.45, 7) is 0. The molecule has 0 spiro atoms. The first-order chi connectivity index (χ1) is 26.3. The van der Waals surface area contributed by atoms with E-state index in [1.807, 2.05) is 0 Å². The first kappa shape index (κ1) is 29.7. The molecular formula is C52H32O. The van der Waals surface area contributed by atoms with Gasteiger partial charge in [0.2, 0.25) is 0 Å². The number of fused-ring (bicyclic) bond motifs is 7. The van der Waals surface area contributed by atoms with Crippen molar-refractivity contribution < 1.29 is 4.42 Å². The monoisotopic (exact) mass is 672 g/mol. The zero-order chi connectivity index (χ0) is 34.9. The second-order valence-corrected chi connectivity index (χ2v) is 13.9. The van der Waals surface area contributed by atoms with Crippen LogP contribution in [0.2, 0.25) is 0 Å². The van der Waals surface area contributed by atoms with Crippen molar-refractivity contribution >= 4 is 65.0 Å². The highest BCUT2D eigenvalue weighted by Gasteiger charge is 2.23. The molecule has 11 aromatic rings. The number of rotatable bonds is 4. The fourth-order valence-electron chi connectivity index (χ4n) is 8.92. The van der Waals surface area contributed by atoms with Crippen molar-refractivity contribution in [2.24, 2.45) is 0 Å². The molecule has 0 radical (unpaired) electrons. The summed E-state index contributed by atoms with van der Waals surface area (Å²) in [5.74, 6) is 0. The van der Waals surface area contributed by atoms with Crippen LogP contribution in [0, 0.1) is 0 Å². The quantitative estimate of drug-likeness (QED) is 0.170. The molecule has 53 heavy (non-hydrogen) atoms. The Kier molecular flexibility index (Phi) is 6.62. The van der Waals surface area contributed by atoms with Crippen molar-refractivity contribution in [1.29, 1.82) is 0 Å². The Labute approximate surface area is 307 Å². The van der Waals surface area contributed by atoms with Gasteiger partial charge < -0.3 is 4.42 Å². The molecule has 0 aliphatic heterocycles. The van der Waals surface area contributed by atoms with Crippen LogP contribution in [-0.2, 0) is 0 Å². The van der Waals surface area contributed by atoms with Gasteiger partial charge in [-0.1, -0.05) is 188 Å². The van der Waals surface area contributed by atoms with Gasteiger partial charge in [0.15, 0.2) is 0 Å². The maximum atomic E-state index is 7.03. The Hall–Kier alpha value is -6.96. The first-order valence-corrected chi connectivity index (χ1v) is 18.3. The van der Waals surface area contributed by atoms with E-state index in [0.29, 0.717) is 0 Å². The summed E-state index contributed by atoms with van der Waals surface area (Å²) in [6, 6.07) is 70.2. The van der Waals surface area contributed by atoms with E-state index >= 15 is 0 Å². The van der Waals surface area contributed by atoms with E-state index in [2.05, 4.69) is 194 Å². The highest BCUT2D eigenvalue weighted by molar-refractivity contribution is 6.28. The normalized spacial score (nSPS) is 11.8. The standard InChI is InChI=1S/C52H32O/c1-3-17-33(18-4-1)47-35-21-7-11-25-39(35)49(40-26-12-8-22-36(40)47)43-29-16-32-46-51(43)45-31-15-30-44(52(45)53-46)50-41-27-13-9-23-37(41)48(34-19-5-2-6-20-34)38-24-10-14-28-42(38)50/h1-32H.